The van der Waals surface area contributed by atoms with Gasteiger partial charge in [0.05, 0.1) is 0 Å². The quantitative estimate of drug-likeness (QED) is 0.809. The Hall–Kier alpha value is -1.39. The molecule has 0 amide bonds. The molecule has 1 fully saturated rings. The molecule has 0 spiro atoms. The van der Waals surface area contributed by atoms with Crippen LogP contribution in [0.4, 0.5) is 0 Å². The molecule has 0 aromatic heterocycles. The van der Waals surface area contributed by atoms with Crippen LogP contribution in [0, 0.1) is 5.92 Å². The van der Waals surface area contributed by atoms with Crippen molar-refractivity contribution in [1.29, 1.82) is 0 Å². The van der Waals surface area contributed by atoms with Crippen molar-refractivity contribution in [3.05, 3.63) is 35.9 Å². The highest BCUT2D eigenvalue weighted by Crippen LogP contribution is 2.28. The van der Waals surface area contributed by atoms with E-state index in [4.69, 9.17) is 10.5 Å². The van der Waals surface area contributed by atoms with Crippen molar-refractivity contribution in [1.82, 2.24) is 0 Å². The van der Waals surface area contributed by atoms with Gasteiger partial charge in [0, 0.05) is 6.54 Å². The van der Waals surface area contributed by atoms with Gasteiger partial charge in [-0.2, -0.15) is 0 Å². The molecule has 0 unspecified atom stereocenters. The summed E-state index contributed by atoms with van der Waals surface area (Å²) in [5.41, 5.74) is 6.28. The molecule has 0 bridgehead atoms. The Bertz CT molecular complexity index is 415. The first-order valence-electron chi connectivity index (χ1n) is 7.36. The van der Waals surface area contributed by atoms with E-state index in [2.05, 4.69) is 0 Å². The molecule has 0 radical (unpaired) electrons. The summed E-state index contributed by atoms with van der Waals surface area (Å²) in [5.74, 6) is -0.266. The smallest absolute Gasteiger partial charge is 0.339 e. The second kappa shape index (κ2) is 7.41. The zero-order valence-corrected chi connectivity index (χ0v) is 11.7. The predicted molar refractivity (Wildman–Crippen MR) is 76.9 cm³/mol. The van der Waals surface area contributed by atoms with Gasteiger partial charge in [-0.15, -0.1) is 0 Å². The lowest BCUT2D eigenvalue weighted by Crippen LogP contribution is -2.36. The summed E-state index contributed by atoms with van der Waals surface area (Å²) in [6.07, 6.45) is 4.18. The van der Waals surface area contributed by atoms with E-state index >= 15 is 0 Å². The Morgan fingerprint density at radius 1 is 1.25 bits per heavy atom. The first kappa shape index (κ1) is 15.0. The van der Waals surface area contributed by atoms with Gasteiger partial charge in [-0.25, -0.2) is 4.79 Å². The SMILES string of the molecule is NC[C@H](OC(=O)[C@@H](O)c1ccccc1)C1CCCCC1. The molecule has 0 aliphatic heterocycles. The van der Waals surface area contributed by atoms with Crippen molar-refractivity contribution in [3.8, 4) is 0 Å². The molecule has 4 nitrogen and oxygen atoms in total. The van der Waals surface area contributed by atoms with Crippen molar-refractivity contribution >= 4 is 5.97 Å². The molecule has 2 atom stereocenters. The second-order valence-corrected chi connectivity index (χ2v) is 5.42. The number of esters is 1. The lowest BCUT2D eigenvalue weighted by Gasteiger charge is -2.29. The Labute approximate surface area is 119 Å². The van der Waals surface area contributed by atoms with Crippen molar-refractivity contribution in [2.75, 3.05) is 6.54 Å². The zero-order chi connectivity index (χ0) is 14.4. The number of carbonyl (C=O) groups excluding carboxylic acids is 1. The zero-order valence-electron chi connectivity index (χ0n) is 11.7. The lowest BCUT2D eigenvalue weighted by atomic mass is 9.85. The van der Waals surface area contributed by atoms with Gasteiger partial charge in [0.25, 0.3) is 0 Å². The van der Waals surface area contributed by atoms with Gasteiger partial charge >= 0.3 is 5.97 Å². The number of rotatable bonds is 5. The monoisotopic (exact) mass is 277 g/mol. The molecule has 1 aliphatic carbocycles. The molecule has 0 heterocycles. The van der Waals surface area contributed by atoms with Crippen LogP contribution in [0.25, 0.3) is 0 Å². The molecule has 3 N–H and O–H groups in total. The average Bonchev–Trinajstić information content (AvgIpc) is 2.53. The Kier molecular flexibility index (Phi) is 5.56. The fourth-order valence-electron chi connectivity index (χ4n) is 2.83. The fourth-order valence-corrected chi connectivity index (χ4v) is 2.83. The van der Waals surface area contributed by atoms with Crippen molar-refractivity contribution in [3.63, 3.8) is 0 Å². The summed E-state index contributed by atoms with van der Waals surface area (Å²) in [4.78, 5) is 12.0. The summed E-state index contributed by atoms with van der Waals surface area (Å²) in [7, 11) is 0. The third-order valence-corrected chi connectivity index (χ3v) is 4.01. The minimum absolute atomic E-state index is 0.277. The minimum atomic E-state index is -1.23. The molecule has 2 rings (SSSR count). The van der Waals surface area contributed by atoms with Crippen LogP contribution in [-0.4, -0.2) is 23.7 Å². The van der Waals surface area contributed by atoms with E-state index in [1.807, 2.05) is 6.07 Å². The maximum Gasteiger partial charge on any atom is 0.339 e. The van der Waals surface area contributed by atoms with Crippen molar-refractivity contribution in [2.24, 2.45) is 11.7 Å². The fraction of sp³-hybridized carbons (Fsp3) is 0.562. The molecule has 4 heteroatoms. The topological polar surface area (TPSA) is 72.5 Å². The number of hydrogen-bond donors (Lipinski definition) is 2. The molecular weight excluding hydrogens is 254 g/mol. The molecule has 20 heavy (non-hydrogen) atoms. The number of nitrogens with two attached hydrogens (primary N) is 1. The van der Waals surface area contributed by atoms with Crippen molar-refractivity contribution in [2.45, 2.75) is 44.3 Å². The molecule has 110 valence electrons. The van der Waals surface area contributed by atoms with Gasteiger partial charge in [-0.1, -0.05) is 49.6 Å². The highest BCUT2D eigenvalue weighted by molar-refractivity contribution is 5.76. The average molecular weight is 277 g/mol. The summed E-state index contributed by atoms with van der Waals surface area (Å²) in [6.45, 7) is 0.317. The standard InChI is InChI=1S/C16H23NO3/c17-11-14(12-7-3-1-4-8-12)20-16(19)15(18)13-9-5-2-6-10-13/h2,5-6,9-10,12,14-15,18H,1,3-4,7-8,11,17H2/t14-,15-/m0/s1. The highest BCUT2D eigenvalue weighted by Gasteiger charge is 2.28. The molecular formula is C16H23NO3. The summed E-state index contributed by atoms with van der Waals surface area (Å²) < 4.78 is 5.44. The molecule has 1 aromatic carbocycles. The number of aliphatic hydroxyl groups excluding tert-OH is 1. The van der Waals surface area contributed by atoms with E-state index in [1.165, 1.54) is 19.3 Å². The maximum absolute atomic E-state index is 12.0. The van der Waals surface area contributed by atoms with E-state index in [9.17, 15) is 9.90 Å². The number of benzene rings is 1. The van der Waals surface area contributed by atoms with E-state index in [0.717, 1.165) is 12.8 Å². The first-order valence-corrected chi connectivity index (χ1v) is 7.36. The van der Waals surface area contributed by atoms with Crippen LogP contribution in [0.15, 0.2) is 30.3 Å². The molecule has 1 aromatic rings. The first-order chi connectivity index (χ1) is 9.72. The van der Waals surface area contributed by atoms with Gasteiger partial charge in [-0.05, 0) is 24.3 Å². The number of hydrogen-bond acceptors (Lipinski definition) is 4. The summed E-state index contributed by atoms with van der Waals surface area (Å²) in [6, 6.07) is 8.83. The Balaban J connectivity index is 1.94. The van der Waals surface area contributed by atoms with Gasteiger partial charge in [0.1, 0.15) is 6.10 Å². The van der Waals surface area contributed by atoms with Crippen LogP contribution in [0.3, 0.4) is 0 Å². The van der Waals surface area contributed by atoms with Gasteiger partial charge in [-0.3, -0.25) is 0 Å². The molecule has 1 aliphatic rings. The third-order valence-electron chi connectivity index (χ3n) is 4.01. The van der Waals surface area contributed by atoms with Crippen LogP contribution < -0.4 is 5.73 Å². The van der Waals surface area contributed by atoms with Gasteiger partial charge < -0.3 is 15.6 Å². The second-order valence-electron chi connectivity index (χ2n) is 5.42. The minimum Gasteiger partial charge on any atom is -0.459 e. The molecule has 1 saturated carbocycles. The van der Waals surface area contributed by atoms with E-state index < -0.39 is 12.1 Å². The molecule has 0 saturated heterocycles. The number of carbonyl (C=O) groups is 1. The van der Waals surface area contributed by atoms with Crippen LogP contribution >= 0.6 is 0 Å². The van der Waals surface area contributed by atoms with Crippen LogP contribution in [0.2, 0.25) is 0 Å². The van der Waals surface area contributed by atoms with Gasteiger partial charge in [0.15, 0.2) is 6.10 Å². The van der Waals surface area contributed by atoms with E-state index in [1.54, 1.807) is 24.3 Å². The third kappa shape index (κ3) is 3.81. The lowest BCUT2D eigenvalue weighted by molar-refractivity contribution is -0.162. The van der Waals surface area contributed by atoms with Crippen LogP contribution in [-0.2, 0) is 9.53 Å². The normalized spacial score (nSPS) is 19.3. The van der Waals surface area contributed by atoms with E-state index in [0.29, 0.717) is 18.0 Å². The predicted octanol–water partition coefficient (Wildman–Crippen LogP) is 2.17. The van der Waals surface area contributed by atoms with Crippen molar-refractivity contribution < 1.29 is 14.6 Å². The summed E-state index contributed by atoms with van der Waals surface area (Å²) in [5, 5.41) is 10.0. The largest absolute Gasteiger partial charge is 0.459 e. The van der Waals surface area contributed by atoms with Crippen LogP contribution in [0.1, 0.15) is 43.8 Å². The maximum atomic E-state index is 12.0. The Morgan fingerprint density at radius 2 is 1.90 bits per heavy atom. The van der Waals surface area contributed by atoms with Crippen LogP contribution in [0.5, 0.6) is 0 Å². The Morgan fingerprint density at radius 3 is 2.50 bits per heavy atom. The van der Waals surface area contributed by atoms with E-state index in [-0.39, 0.29) is 6.10 Å². The number of ether oxygens (including phenoxy) is 1. The van der Waals surface area contributed by atoms with Gasteiger partial charge in [0.2, 0.25) is 0 Å². The summed E-state index contributed by atoms with van der Waals surface area (Å²) >= 11 is 0. The number of aliphatic hydroxyl groups is 1. The highest BCUT2D eigenvalue weighted by atomic mass is 16.6.